The first kappa shape index (κ1) is 14.8. The van der Waals surface area contributed by atoms with Crippen LogP contribution in [0.15, 0.2) is 48.7 Å². The number of likely N-dealkylation sites (N-methyl/N-ethyl adjacent to an activating group) is 1. The van der Waals surface area contributed by atoms with E-state index in [-0.39, 0.29) is 5.66 Å². The number of ether oxygens (including phenoxy) is 1. The van der Waals surface area contributed by atoms with Crippen molar-refractivity contribution in [1.82, 2.24) is 14.8 Å². The van der Waals surface area contributed by atoms with Gasteiger partial charge in [-0.25, -0.2) is 0 Å². The molecule has 1 unspecified atom stereocenters. The fraction of sp³-hybridized carbons (Fsp3) is 0.421. The van der Waals surface area contributed by atoms with E-state index >= 15 is 0 Å². The Morgan fingerprint density at radius 2 is 1.78 bits per heavy atom. The maximum Gasteiger partial charge on any atom is 0.144 e. The molecule has 3 heterocycles. The third-order valence-corrected chi connectivity index (χ3v) is 5.15. The third-order valence-electron chi connectivity index (χ3n) is 5.15. The smallest absolute Gasteiger partial charge is 0.144 e. The molecule has 0 bridgehead atoms. The molecule has 120 valence electrons. The highest BCUT2D eigenvalue weighted by molar-refractivity contribution is 5.42. The van der Waals surface area contributed by atoms with E-state index in [0.29, 0.717) is 0 Å². The Labute approximate surface area is 137 Å². The summed E-state index contributed by atoms with van der Waals surface area (Å²) in [6.45, 7) is 4.45. The SMILES string of the molecule is CN1CCc2ccccc2C1(c1ccccn1)N1CCOCC1. The number of fused-ring (bicyclic) bond motifs is 1. The van der Waals surface area contributed by atoms with Crippen molar-refractivity contribution in [3.8, 4) is 0 Å². The summed E-state index contributed by atoms with van der Waals surface area (Å²) in [5.74, 6) is 0. The summed E-state index contributed by atoms with van der Waals surface area (Å²) >= 11 is 0. The molecule has 1 aromatic heterocycles. The summed E-state index contributed by atoms with van der Waals surface area (Å²) in [7, 11) is 2.22. The molecular formula is C19H23N3O. The highest BCUT2D eigenvalue weighted by Crippen LogP contribution is 2.42. The summed E-state index contributed by atoms with van der Waals surface area (Å²) < 4.78 is 5.61. The van der Waals surface area contributed by atoms with Crippen molar-refractivity contribution in [2.45, 2.75) is 12.1 Å². The van der Waals surface area contributed by atoms with Crippen LogP contribution < -0.4 is 0 Å². The Morgan fingerprint density at radius 3 is 2.57 bits per heavy atom. The van der Waals surface area contributed by atoms with Crippen molar-refractivity contribution in [3.05, 3.63) is 65.5 Å². The third kappa shape index (κ3) is 2.29. The van der Waals surface area contributed by atoms with Crippen LogP contribution in [0.5, 0.6) is 0 Å². The molecule has 4 rings (SSSR count). The van der Waals surface area contributed by atoms with Crippen LogP contribution in [0.1, 0.15) is 16.8 Å². The average Bonchev–Trinajstić information content (AvgIpc) is 2.63. The number of rotatable bonds is 2. The summed E-state index contributed by atoms with van der Waals surface area (Å²) in [5, 5.41) is 0. The molecule has 2 aliphatic heterocycles. The molecule has 0 spiro atoms. The molecule has 23 heavy (non-hydrogen) atoms. The minimum atomic E-state index is -0.292. The molecule has 2 aromatic rings. The standard InChI is InChI=1S/C19H23N3O/c1-21-11-9-16-6-2-3-7-17(16)19(21,18-8-4-5-10-20-18)22-12-14-23-15-13-22/h2-8,10H,9,11-15H2,1H3. The largest absolute Gasteiger partial charge is 0.379 e. The van der Waals surface area contributed by atoms with E-state index < -0.39 is 0 Å². The zero-order valence-electron chi connectivity index (χ0n) is 13.6. The van der Waals surface area contributed by atoms with E-state index in [1.807, 2.05) is 12.3 Å². The average molecular weight is 309 g/mol. The van der Waals surface area contributed by atoms with E-state index in [9.17, 15) is 0 Å². The predicted octanol–water partition coefficient (Wildman–Crippen LogP) is 2.10. The van der Waals surface area contributed by atoms with Crippen molar-refractivity contribution in [3.63, 3.8) is 0 Å². The predicted molar refractivity (Wildman–Crippen MR) is 90.2 cm³/mol. The Bertz CT molecular complexity index is 669. The van der Waals surface area contributed by atoms with E-state index in [2.05, 4.69) is 53.2 Å². The maximum atomic E-state index is 5.61. The molecule has 0 saturated carbocycles. The van der Waals surface area contributed by atoms with Crippen molar-refractivity contribution in [2.24, 2.45) is 0 Å². The Balaban J connectivity index is 1.95. The molecule has 0 aliphatic carbocycles. The lowest BCUT2D eigenvalue weighted by Crippen LogP contribution is -2.62. The lowest BCUT2D eigenvalue weighted by Gasteiger charge is -2.53. The summed E-state index contributed by atoms with van der Waals surface area (Å²) in [6, 6.07) is 15.1. The van der Waals surface area contributed by atoms with Gasteiger partial charge in [0.15, 0.2) is 0 Å². The van der Waals surface area contributed by atoms with Gasteiger partial charge in [-0.2, -0.15) is 0 Å². The fourth-order valence-corrected chi connectivity index (χ4v) is 4.10. The molecule has 4 heteroatoms. The van der Waals surface area contributed by atoms with Crippen LogP contribution >= 0.6 is 0 Å². The van der Waals surface area contributed by atoms with Crippen LogP contribution in [0.3, 0.4) is 0 Å². The van der Waals surface area contributed by atoms with Crippen LogP contribution in [0, 0.1) is 0 Å². The molecule has 2 aliphatic rings. The van der Waals surface area contributed by atoms with Gasteiger partial charge in [-0.05, 0) is 36.7 Å². The number of nitrogens with zero attached hydrogens (tertiary/aromatic N) is 3. The molecule has 4 nitrogen and oxygen atoms in total. The number of morpholine rings is 1. The Hall–Kier alpha value is -1.75. The van der Waals surface area contributed by atoms with Gasteiger partial charge in [-0.3, -0.25) is 14.8 Å². The first-order valence-corrected chi connectivity index (χ1v) is 8.37. The molecule has 1 saturated heterocycles. The monoisotopic (exact) mass is 309 g/mol. The minimum Gasteiger partial charge on any atom is -0.379 e. The maximum absolute atomic E-state index is 5.61. The van der Waals surface area contributed by atoms with Gasteiger partial charge >= 0.3 is 0 Å². The second-order valence-corrected chi connectivity index (χ2v) is 6.32. The lowest BCUT2D eigenvalue weighted by atomic mass is 9.83. The number of aromatic nitrogens is 1. The number of hydrogen-bond acceptors (Lipinski definition) is 4. The van der Waals surface area contributed by atoms with Crippen molar-refractivity contribution < 1.29 is 4.74 Å². The Kier molecular flexibility index (Phi) is 3.89. The van der Waals surface area contributed by atoms with Crippen LogP contribution in [0.4, 0.5) is 0 Å². The second-order valence-electron chi connectivity index (χ2n) is 6.32. The van der Waals surface area contributed by atoms with E-state index in [1.165, 1.54) is 11.1 Å². The zero-order chi connectivity index (χ0) is 15.7. The van der Waals surface area contributed by atoms with Gasteiger partial charge < -0.3 is 4.74 Å². The van der Waals surface area contributed by atoms with Gasteiger partial charge in [-0.15, -0.1) is 0 Å². The fourth-order valence-electron chi connectivity index (χ4n) is 4.10. The van der Waals surface area contributed by atoms with Crippen LogP contribution in [-0.4, -0.2) is 54.7 Å². The second kappa shape index (κ2) is 6.04. The quantitative estimate of drug-likeness (QED) is 0.849. The zero-order valence-corrected chi connectivity index (χ0v) is 13.6. The van der Waals surface area contributed by atoms with E-state index in [4.69, 9.17) is 9.72 Å². The van der Waals surface area contributed by atoms with Gasteiger partial charge in [0.2, 0.25) is 0 Å². The lowest BCUT2D eigenvalue weighted by molar-refractivity contribution is -0.0809. The molecule has 1 fully saturated rings. The molecule has 0 radical (unpaired) electrons. The number of pyridine rings is 1. The Morgan fingerprint density at radius 1 is 1.00 bits per heavy atom. The molecule has 1 atom stereocenters. The highest BCUT2D eigenvalue weighted by atomic mass is 16.5. The summed E-state index contributed by atoms with van der Waals surface area (Å²) in [5.41, 5.74) is 3.62. The summed E-state index contributed by atoms with van der Waals surface area (Å²) in [6.07, 6.45) is 2.99. The molecule has 0 amide bonds. The van der Waals surface area contributed by atoms with Gasteiger partial charge in [0.25, 0.3) is 0 Å². The first-order chi connectivity index (χ1) is 11.3. The van der Waals surface area contributed by atoms with Crippen LogP contribution in [-0.2, 0) is 16.8 Å². The number of hydrogen-bond donors (Lipinski definition) is 0. The molecular weight excluding hydrogens is 286 g/mol. The van der Waals surface area contributed by atoms with Gasteiger partial charge in [0.05, 0.1) is 18.9 Å². The molecule has 0 N–H and O–H groups in total. The van der Waals surface area contributed by atoms with Gasteiger partial charge in [-0.1, -0.05) is 30.3 Å². The molecule has 1 aromatic carbocycles. The first-order valence-electron chi connectivity index (χ1n) is 8.37. The van der Waals surface area contributed by atoms with Crippen molar-refractivity contribution >= 4 is 0 Å². The number of benzene rings is 1. The van der Waals surface area contributed by atoms with Crippen molar-refractivity contribution in [1.29, 1.82) is 0 Å². The van der Waals surface area contributed by atoms with E-state index in [0.717, 1.165) is 45.0 Å². The minimum absolute atomic E-state index is 0.292. The van der Waals surface area contributed by atoms with E-state index in [1.54, 1.807) is 0 Å². The summed E-state index contributed by atoms with van der Waals surface area (Å²) in [4.78, 5) is 9.77. The van der Waals surface area contributed by atoms with Crippen molar-refractivity contribution in [2.75, 3.05) is 39.9 Å². The van der Waals surface area contributed by atoms with Crippen LogP contribution in [0.25, 0.3) is 0 Å². The van der Waals surface area contributed by atoms with Gasteiger partial charge in [0.1, 0.15) is 5.66 Å². The van der Waals surface area contributed by atoms with Gasteiger partial charge in [0, 0.05) is 25.8 Å². The topological polar surface area (TPSA) is 28.6 Å². The normalized spacial score (nSPS) is 26.0. The highest BCUT2D eigenvalue weighted by Gasteiger charge is 2.48. The van der Waals surface area contributed by atoms with Crippen LogP contribution in [0.2, 0.25) is 0 Å².